The van der Waals surface area contributed by atoms with Crippen molar-refractivity contribution >= 4 is 23.9 Å². The molecule has 1 atom stereocenters. The molecular formula is C12H18O9. The van der Waals surface area contributed by atoms with E-state index in [0.29, 0.717) is 0 Å². The lowest BCUT2D eigenvalue weighted by molar-refractivity contribution is -0.327. The van der Waals surface area contributed by atoms with Crippen molar-refractivity contribution in [2.45, 2.75) is 45.8 Å². The summed E-state index contributed by atoms with van der Waals surface area (Å²) >= 11 is 0. The highest BCUT2D eigenvalue weighted by atomic mass is 17.2. The van der Waals surface area contributed by atoms with Gasteiger partial charge in [0.2, 0.25) is 0 Å². The van der Waals surface area contributed by atoms with Gasteiger partial charge in [-0.1, -0.05) is 0 Å². The van der Waals surface area contributed by atoms with Crippen LogP contribution in [0.3, 0.4) is 0 Å². The van der Waals surface area contributed by atoms with E-state index < -0.39 is 35.6 Å². The maximum absolute atomic E-state index is 11.3. The first-order valence-electron chi connectivity index (χ1n) is 6.09. The van der Waals surface area contributed by atoms with Gasteiger partial charge in [-0.05, 0) is 27.7 Å². The van der Waals surface area contributed by atoms with E-state index in [1.807, 2.05) is 0 Å². The molecule has 0 saturated carbocycles. The molecule has 1 unspecified atom stereocenters. The van der Waals surface area contributed by atoms with Gasteiger partial charge in [0.1, 0.15) is 11.7 Å². The Morgan fingerprint density at radius 2 is 1.67 bits per heavy atom. The summed E-state index contributed by atoms with van der Waals surface area (Å²) < 4.78 is 9.27. The fourth-order valence-corrected chi connectivity index (χ4v) is 1.38. The van der Waals surface area contributed by atoms with Gasteiger partial charge >= 0.3 is 23.9 Å². The van der Waals surface area contributed by atoms with Crippen LogP contribution in [0, 0.1) is 0 Å². The second-order valence-electron chi connectivity index (χ2n) is 4.66. The minimum atomic E-state index is -1.80. The highest BCUT2D eigenvalue weighted by molar-refractivity contribution is 6.29. The zero-order chi connectivity index (χ0) is 16.6. The van der Waals surface area contributed by atoms with E-state index in [9.17, 15) is 19.2 Å². The summed E-state index contributed by atoms with van der Waals surface area (Å²) in [6.45, 7) is 6.04. The zero-order valence-corrected chi connectivity index (χ0v) is 12.2. The number of hydrogen-bond acceptors (Lipinski definition) is 8. The molecule has 0 spiro atoms. The quantitative estimate of drug-likeness (QED) is 0.317. The molecule has 0 heterocycles. The molecule has 21 heavy (non-hydrogen) atoms. The number of esters is 2. The summed E-state index contributed by atoms with van der Waals surface area (Å²) in [6, 6.07) is 0. The molecule has 0 aromatic heterocycles. The highest BCUT2D eigenvalue weighted by Crippen LogP contribution is 2.19. The van der Waals surface area contributed by atoms with Crippen LogP contribution in [0.5, 0.6) is 0 Å². The smallest absolute Gasteiger partial charge is 0.449 e. The topological polar surface area (TPSA) is 125 Å². The molecule has 1 N–H and O–H groups in total. The summed E-state index contributed by atoms with van der Waals surface area (Å²) in [5, 5.41) is 8.32. The van der Waals surface area contributed by atoms with Crippen LogP contribution in [0.25, 0.3) is 0 Å². The molecule has 0 aromatic rings. The standard InChI is InChI=1S/C12H18O9/c1-5-18-10(16)11(17)19-7(2)6-12(3,4)21-20-9(15)8(13)14/h7H,5-6H2,1-4H3,(H,13,14). The molecule has 0 fully saturated rings. The summed E-state index contributed by atoms with van der Waals surface area (Å²) in [5.41, 5.74) is -1.13. The van der Waals surface area contributed by atoms with Crippen LogP contribution in [0.4, 0.5) is 0 Å². The van der Waals surface area contributed by atoms with Crippen LogP contribution >= 0.6 is 0 Å². The number of aliphatic carboxylic acids is 1. The molecule has 0 saturated heterocycles. The fraction of sp³-hybridized carbons (Fsp3) is 0.667. The molecule has 0 rings (SSSR count). The Bertz CT molecular complexity index is 413. The molecule has 0 aliphatic carbocycles. The third kappa shape index (κ3) is 7.88. The number of carbonyl (C=O) groups excluding carboxylic acids is 3. The molecule has 9 nitrogen and oxygen atoms in total. The summed E-state index contributed by atoms with van der Waals surface area (Å²) in [7, 11) is 0. The van der Waals surface area contributed by atoms with Crippen LogP contribution in [-0.2, 0) is 38.4 Å². The van der Waals surface area contributed by atoms with Crippen LogP contribution in [-0.4, -0.2) is 47.3 Å². The Balaban J connectivity index is 4.31. The van der Waals surface area contributed by atoms with Crippen molar-refractivity contribution in [2.75, 3.05) is 6.61 Å². The molecule has 0 amide bonds. The first-order valence-corrected chi connectivity index (χ1v) is 6.09. The van der Waals surface area contributed by atoms with E-state index in [2.05, 4.69) is 14.5 Å². The zero-order valence-electron chi connectivity index (χ0n) is 12.2. The molecule has 0 bridgehead atoms. The van der Waals surface area contributed by atoms with Crippen molar-refractivity contribution < 1.29 is 43.5 Å². The normalized spacial score (nSPS) is 12.2. The Morgan fingerprint density at radius 1 is 1.10 bits per heavy atom. The van der Waals surface area contributed by atoms with E-state index in [1.54, 1.807) is 6.92 Å². The predicted molar refractivity (Wildman–Crippen MR) is 65.7 cm³/mol. The van der Waals surface area contributed by atoms with Crippen LogP contribution in [0.2, 0.25) is 0 Å². The minimum Gasteiger partial charge on any atom is -0.473 e. The largest absolute Gasteiger partial charge is 0.473 e. The maximum Gasteiger partial charge on any atom is 0.449 e. The van der Waals surface area contributed by atoms with E-state index in [4.69, 9.17) is 9.84 Å². The third-order valence-electron chi connectivity index (χ3n) is 2.05. The second kappa shape index (κ2) is 8.20. The lowest BCUT2D eigenvalue weighted by Crippen LogP contribution is -2.34. The van der Waals surface area contributed by atoms with Crippen molar-refractivity contribution in [1.82, 2.24) is 0 Å². The molecule has 0 aliphatic rings. The number of hydrogen-bond donors (Lipinski definition) is 1. The third-order valence-corrected chi connectivity index (χ3v) is 2.05. The maximum atomic E-state index is 11.3. The van der Waals surface area contributed by atoms with Crippen LogP contribution in [0.1, 0.15) is 34.1 Å². The number of ether oxygens (including phenoxy) is 2. The van der Waals surface area contributed by atoms with Crippen molar-refractivity contribution in [1.29, 1.82) is 0 Å². The van der Waals surface area contributed by atoms with Gasteiger partial charge in [-0.25, -0.2) is 19.2 Å². The summed E-state index contributed by atoms with van der Waals surface area (Å²) in [5.74, 6) is -5.63. The Hall–Kier alpha value is -2.16. The average Bonchev–Trinajstić information content (AvgIpc) is 2.35. The van der Waals surface area contributed by atoms with Gasteiger partial charge < -0.3 is 14.6 Å². The van der Waals surface area contributed by atoms with E-state index in [0.717, 1.165) is 0 Å². The molecule has 0 aliphatic heterocycles. The summed E-state index contributed by atoms with van der Waals surface area (Å²) in [6.07, 6.45) is -0.703. The van der Waals surface area contributed by atoms with Crippen LogP contribution < -0.4 is 0 Å². The fourth-order valence-electron chi connectivity index (χ4n) is 1.38. The van der Waals surface area contributed by atoms with Gasteiger partial charge in [-0.15, -0.1) is 0 Å². The monoisotopic (exact) mass is 306 g/mol. The second-order valence-corrected chi connectivity index (χ2v) is 4.66. The molecule has 0 aromatic carbocycles. The van der Waals surface area contributed by atoms with Crippen molar-refractivity contribution in [3.8, 4) is 0 Å². The number of rotatable bonds is 6. The lowest BCUT2D eigenvalue weighted by Gasteiger charge is -2.25. The number of carboxylic acid groups (broad SMARTS) is 1. The van der Waals surface area contributed by atoms with Crippen molar-refractivity contribution in [2.24, 2.45) is 0 Å². The van der Waals surface area contributed by atoms with Gasteiger partial charge in [0.15, 0.2) is 0 Å². The van der Waals surface area contributed by atoms with E-state index >= 15 is 0 Å². The summed E-state index contributed by atoms with van der Waals surface area (Å²) in [4.78, 5) is 52.1. The van der Waals surface area contributed by atoms with E-state index in [-0.39, 0.29) is 13.0 Å². The minimum absolute atomic E-state index is 0.0437. The number of carboxylic acids is 1. The first kappa shape index (κ1) is 18.8. The van der Waals surface area contributed by atoms with Gasteiger partial charge in [0, 0.05) is 6.42 Å². The number of carbonyl (C=O) groups is 4. The van der Waals surface area contributed by atoms with Crippen LogP contribution in [0.15, 0.2) is 0 Å². The van der Waals surface area contributed by atoms with Gasteiger partial charge in [-0.3, -0.25) is 4.89 Å². The van der Waals surface area contributed by atoms with Gasteiger partial charge in [0.25, 0.3) is 0 Å². The van der Waals surface area contributed by atoms with Crippen molar-refractivity contribution in [3.05, 3.63) is 0 Å². The Kier molecular flexibility index (Phi) is 7.36. The average molecular weight is 306 g/mol. The van der Waals surface area contributed by atoms with Crippen molar-refractivity contribution in [3.63, 3.8) is 0 Å². The lowest BCUT2D eigenvalue weighted by atomic mass is 10.0. The van der Waals surface area contributed by atoms with Gasteiger partial charge in [0.05, 0.1) is 6.61 Å². The van der Waals surface area contributed by atoms with Gasteiger partial charge in [-0.2, -0.15) is 4.89 Å². The first-order chi connectivity index (χ1) is 9.59. The Labute approximate surface area is 121 Å². The molecule has 0 radical (unpaired) electrons. The Morgan fingerprint density at radius 3 is 2.14 bits per heavy atom. The molecular weight excluding hydrogens is 288 g/mol. The molecule has 9 heteroatoms. The van der Waals surface area contributed by atoms with E-state index in [1.165, 1.54) is 20.8 Å². The SMILES string of the molecule is CCOC(=O)C(=O)OC(C)CC(C)(C)OOC(=O)C(=O)O. The molecule has 120 valence electrons. The predicted octanol–water partition coefficient (Wildman–Crippen LogP) is 0.209. The highest BCUT2D eigenvalue weighted by Gasteiger charge is 2.29.